The minimum atomic E-state index is 0.408. The molecule has 2 N–H and O–H groups in total. The zero-order valence-electron chi connectivity index (χ0n) is 12.0. The minimum absolute atomic E-state index is 0.408. The number of hydrogen-bond acceptors (Lipinski definition) is 3. The lowest BCUT2D eigenvalue weighted by atomic mass is 9.85. The molecule has 0 saturated heterocycles. The van der Waals surface area contributed by atoms with Crippen LogP contribution in [0.25, 0.3) is 0 Å². The molecule has 0 aliphatic heterocycles. The molecule has 0 aromatic heterocycles. The molecule has 1 saturated carbocycles. The molecule has 0 heterocycles. The molecule has 2 atom stereocenters. The van der Waals surface area contributed by atoms with Crippen molar-refractivity contribution in [3.63, 3.8) is 0 Å². The zero-order chi connectivity index (χ0) is 13.7. The SMILES string of the molecule is CCC1CCCC(OCc2cc(N)cc(OC)c2)C1. The van der Waals surface area contributed by atoms with E-state index in [1.165, 1.54) is 32.1 Å². The van der Waals surface area contributed by atoms with Crippen molar-refractivity contribution in [1.82, 2.24) is 0 Å². The van der Waals surface area contributed by atoms with Crippen molar-refractivity contribution in [3.8, 4) is 5.75 Å². The van der Waals surface area contributed by atoms with E-state index in [9.17, 15) is 0 Å². The summed E-state index contributed by atoms with van der Waals surface area (Å²) in [6, 6.07) is 5.79. The first-order valence-electron chi connectivity index (χ1n) is 7.26. The molecule has 1 aliphatic carbocycles. The first kappa shape index (κ1) is 14.2. The van der Waals surface area contributed by atoms with Crippen LogP contribution in [0.3, 0.4) is 0 Å². The lowest BCUT2D eigenvalue weighted by Gasteiger charge is -2.28. The van der Waals surface area contributed by atoms with Gasteiger partial charge in [0.15, 0.2) is 0 Å². The van der Waals surface area contributed by atoms with Crippen LogP contribution in [0.15, 0.2) is 18.2 Å². The molecule has 2 rings (SSSR count). The van der Waals surface area contributed by atoms with Gasteiger partial charge in [-0.25, -0.2) is 0 Å². The predicted molar refractivity (Wildman–Crippen MR) is 78.2 cm³/mol. The molecule has 19 heavy (non-hydrogen) atoms. The molecule has 2 unspecified atom stereocenters. The van der Waals surface area contributed by atoms with E-state index in [4.69, 9.17) is 15.2 Å². The van der Waals surface area contributed by atoms with Crippen molar-refractivity contribution in [2.75, 3.05) is 12.8 Å². The largest absolute Gasteiger partial charge is 0.497 e. The van der Waals surface area contributed by atoms with Crippen LogP contribution in [0.5, 0.6) is 5.75 Å². The van der Waals surface area contributed by atoms with Gasteiger partial charge in [-0.2, -0.15) is 0 Å². The Morgan fingerprint density at radius 2 is 2.11 bits per heavy atom. The second kappa shape index (κ2) is 6.80. The third-order valence-electron chi connectivity index (χ3n) is 4.02. The molecule has 1 aliphatic rings. The predicted octanol–water partition coefficient (Wildman–Crippen LogP) is 3.76. The number of ether oxygens (including phenoxy) is 2. The summed E-state index contributed by atoms with van der Waals surface area (Å²) in [4.78, 5) is 0. The van der Waals surface area contributed by atoms with Gasteiger partial charge in [0.05, 0.1) is 19.8 Å². The first-order valence-corrected chi connectivity index (χ1v) is 7.26. The molecular weight excluding hydrogens is 238 g/mol. The van der Waals surface area contributed by atoms with Crippen LogP contribution in [0.4, 0.5) is 5.69 Å². The Bertz CT molecular complexity index is 406. The molecule has 0 bridgehead atoms. The highest BCUT2D eigenvalue weighted by Gasteiger charge is 2.21. The number of benzene rings is 1. The molecule has 0 radical (unpaired) electrons. The number of methoxy groups -OCH3 is 1. The number of hydrogen-bond donors (Lipinski definition) is 1. The van der Waals surface area contributed by atoms with Crippen molar-refractivity contribution in [3.05, 3.63) is 23.8 Å². The van der Waals surface area contributed by atoms with Gasteiger partial charge in [0, 0.05) is 11.8 Å². The fourth-order valence-corrected chi connectivity index (χ4v) is 2.87. The summed E-state index contributed by atoms with van der Waals surface area (Å²) in [6.45, 7) is 2.90. The van der Waals surface area contributed by atoms with Gasteiger partial charge in [0.1, 0.15) is 5.75 Å². The molecule has 106 valence electrons. The third kappa shape index (κ3) is 4.13. The fourth-order valence-electron chi connectivity index (χ4n) is 2.87. The molecule has 3 heteroatoms. The van der Waals surface area contributed by atoms with E-state index in [2.05, 4.69) is 6.92 Å². The Hall–Kier alpha value is -1.22. The van der Waals surface area contributed by atoms with Crippen LogP contribution in [0, 0.1) is 5.92 Å². The van der Waals surface area contributed by atoms with Gasteiger partial charge < -0.3 is 15.2 Å². The highest BCUT2D eigenvalue weighted by atomic mass is 16.5. The molecule has 0 amide bonds. The quantitative estimate of drug-likeness (QED) is 0.823. The highest BCUT2D eigenvalue weighted by molar-refractivity contribution is 5.47. The second-order valence-electron chi connectivity index (χ2n) is 5.49. The van der Waals surface area contributed by atoms with Gasteiger partial charge in [0.25, 0.3) is 0 Å². The summed E-state index contributed by atoms with van der Waals surface area (Å²) in [7, 11) is 1.66. The van der Waals surface area contributed by atoms with E-state index in [1.807, 2.05) is 18.2 Å². The van der Waals surface area contributed by atoms with Gasteiger partial charge in [-0.1, -0.05) is 26.2 Å². The smallest absolute Gasteiger partial charge is 0.121 e. The van der Waals surface area contributed by atoms with Gasteiger partial charge >= 0.3 is 0 Å². The normalized spacial score (nSPS) is 23.3. The topological polar surface area (TPSA) is 44.5 Å². The average molecular weight is 263 g/mol. The van der Waals surface area contributed by atoms with Gasteiger partial charge in [-0.15, -0.1) is 0 Å². The Labute approximate surface area is 116 Å². The summed E-state index contributed by atoms with van der Waals surface area (Å²) in [5.74, 6) is 1.64. The van der Waals surface area contributed by atoms with Crippen LogP contribution < -0.4 is 10.5 Å². The van der Waals surface area contributed by atoms with Crippen molar-refractivity contribution >= 4 is 5.69 Å². The number of anilines is 1. The summed E-state index contributed by atoms with van der Waals surface area (Å²) in [5, 5.41) is 0. The monoisotopic (exact) mass is 263 g/mol. The maximum absolute atomic E-state index is 6.04. The maximum atomic E-state index is 6.04. The van der Waals surface area contributed by atoms with E-state index in [-0.39, 0.29) is 0 Å². The summed E-state index contributed by atoms with van der Waals surface area (Å²) in [5.41, 5.74) is 7.67. The minimum Gasteiger partial charge on any atom is -0.497 e. The van der Waals surface area contributed by atoms with Crippen LogP contribution >= 0.6 is 0 Å². The number of nitrogen functional groups attached to an aromatic ring is 1. The van der Waals surface area contributed by atoms with E-state index >= 15 is 0 Å². The van der Waals surface area contributed by atoms with E-state index in [1.54, 1.807) is 7.11 Å². The first-order chi connectivity index (χ1) is 9.21. The average Bonchev–Trinajstić information content (AvgIpc) is 2.44. The zero-order valence-corrected chi connectivity index (χ0v) is 12.0. The lowest BCUT2D eigenvalue weighted by Crippen LogP contribution is -2.22. The van der Waals surface area contributed by atoms with E-state index < -0.39 is 0 Å². The Morgan fingerprint density at radius 1 is 1.26 bits per heavy atom. The third-order valence-corrected chi connectivity index (χ3v) is 4.02. The molecule has 1 fully saturated rings. The van der Waals surface area contributed by atoms with Crippen molar-refractivity contribution in [2.45, 2.75) is 51.7 Å². The summed E-state index contributed by atoms with van der Waals surface area (Å²) in [6.07, 6.45) is 6.73. The van der Waals surface area contributed by atoms with Crippen LogP contribution in [-0.4, -0.2) is 13.2 Å². The lowest BCUT2D eigenvalue weighted by molar-refractivity contribution is 0.00173. The standard InChI is InChI=1S/C16H25NO2/c1-3-12-5-4-6-15(8-12)19-11-13-7-14(17)10-16(9-13)18-2/h7,9-10,12,15H,3-6,8,11,17H2,1-2H3. The molecule has 3 nitrogen and oxygen atoms in total. The second-order valence-corrected chi connectivity index (χ2v) is 5.49. The Kier molecular flexibility index (Phi) is 5.08. The van der Waals surface area contributed by atoms with Gasteiger partial charge in [0.2, 0.25) is 0 Å². The van der Waals surface area contributed by atoms with Crippen LogP contribution in [-0.2, 0) is 11.3 Å². The summed E-state index contributed by atoms with van der Waals surface area (Å²) >= 11 is 0. The number of rotatable bonds is 5. The van der Waals surface area contributed by atoms with Crippen molar-refractivity contribution in [2.24, 2.45) is 5.92 Å². The molecule has 1 aromatic rings. The molecule has 0 spiro atoms. The van der Waals surface area contributed by atoms with Crippen LogP contribution in [0.2, 0.25) is 0 Å². The van der Waals surface area contributed by atoms with Crippen molar-refractivity contribution < 1.29 is 9.47 Å². The molecule has 1 aromatic carbocycles. The van der Waals surface area contributed by atoms with Gasteiger partial charge in [-0.3, -0.25) is 0 Å². The Balaban J connectivity index is 1.89. The van der Waals surface area contributed by atoms with E-state index in [0.717, 1.165) is 22.9 Å². The maximum Gasteiger partial charge on any atom is 0.121 e. The number of nitrogens with two attached hydrogens (primary N) is 1. The van der Waals surface area contributed by atoms with Crippen LogP contribution in [0.1, 0.15) is 44.6 Å². The highest BCUT2D eigenvalue weighted by Crippen LogP contribution is 2.29. The van der Waals surface area contributed by atoms with E-state index in [0.29, 0.717) is 12.7 Å². The fraction of sp³-hybridized carbons (Fsp3) is 0.625. The molecular formula is C16H25NO2. The summed E-state index contributed by atoms with van der Waals surface area (Å²) < 4.78 is 11.3. The van der Waals surface area contributed by atoms with Crippen molar-refractivity contribution in [1.29, 1.82) is 0 Å². The van der Waals surface area contributed by atoms with Gasteiger partial charge in [-0.05, 0) is 36.5 Å². The Morgan fingerprint density at radius 3 is 2.84 bits per heavy atom.